The fourth-order valence-electron chi connectivity index (χ4n) is 3.85. The van der Waals surface area contributed by atoms with E-state index in [1.54, 1.807) is 31.2 Å². The number of anilines is 1. The van der Waals surface area contributed by atoms with Gasteiger partial charge in [0.25, 0.3) is 5.91 Å². The van der Waals surface area contributed by atoms with Crippen LogP contribution in [0, 0.1) is 13.8 Å². The second kappa shape index (κ2) is 9.42. The Balaban J connectivity index is 1.88. The van der Waals surface area contributed by atoms with Gasteiger partial charge < -0.3 is 11.1 Å². The molecule has 4 aromatic rings. The molecule has 1 atom stereocenters. The van der Waals surface area contributed by atoms with Gasteiger partial charge in [-0.25, -0.2) is 4.98 Å². The van der Waals surface area contributed by atoms with Crippen LogP contribution in [-0.2, 0) is 17.1 Å². The molecule has 0 saturated carbocycles. The number of primary amides is 1. The van der Waals surface area contributed by atoms with E-state index >= 15 is 0 Å². The molecule has 0 fully saturated rings. The number of aromatic nitrogens is 3. The second-order valence-corrected chi connectivity index (χ2v) is 9.55. The summed E-state index contributed by atoms with van der Waals surface area (Å²) in [6.45, 7) is 4.41. The summed E-state index contributed by atoms with van der Waals surface area (Å²) in [5.74, 6) is -1.91. The summed E-state index contributed by atoms with van der Waals surface area (Å²) in [5.41, 5.74) is 4.15. The monoisotopic (exact) mass is 555 g/mol. The number of thiophene rings is 1. The van der Waals surface area contributed by atoms with Gasteiger partial charge in [-0.3, -0.25) is 14.3 Å². The first-order valence-electron chi connectivity index (χ1n) is 10.9. The number of aryl methyl sites for hydroxylation is 2. The third kappa shape index (κ3) is 5.08. The quantitative estimate of drug-likeness (QED) is 0.290. The van der Waals surface area contributed by atoms with E-state index < -0.39 is 41.6 Å². The van der Waals surface area contributed by atoms with Crippen LogP contribution in [0.1, 0.15) is 45.3 Å². The molecule has 0 spiro atoms. The van der Waals surface area contributed by atoms with E-state index in [9.17, 15) is 35.9 Å². The number of nitrogens with zero attached hydrogens (tertiary/aromatic N) is 3. The van der Waals surface area contributed by atoms with Gasteiger partial charge in [-0.1, -0.05) is 29.8 Å². The van der Waals surface area contributed by atoms with Crippen LogP contribution in [0.5, 0.6) is 0 Å². The van der Waals surface area contributed by atoms with Crippen molar-refractivity contribution in [2.75, 3.05) is 5.32 Å². The Kier molecular flexibility index (Phi) is 6.72. The van der Waals surface area contributed by atoms with Crippen LogP contribution < -0.4 is 11.1 Å². The van der Waals surface area contributed by atoms with Crippen molar-refractivity contribution < 1.29 is 35.9 Å². The zero-order chi connectivity index (χ0) is 28.2. The molecule has 3 aromatic heterocycles. The van der Waals surface area contributed by atoms with Gasteiger partial charge in [0.2, 0.25) is 5.91 Å². The number of benzene rings is 1. The molecule has 1 aromatic carbocycles. The maximum absolute atomic E-state index is 13.7. The summed E-state index contributed by atoms with van der Waals surface area (Å²) in [7, 11) is 0. The molecule has 1 unspecified atom stereocenters. The number of halogens is 6. The molecule has 3 N–H and O–H groups in total. The van der Waals surface area contributed by atoms with E-state index in [-0.39, 0.29) is 32.0 Å². The fourth-order valence-corrected chi connectivity index (χ4v) is 4.86. The van der Waals surface area contributed by atoms with E-state index in [2.05, 4.69) is 15.4 Å². The SMILES string of the molecule is Cc1ccc(-c2cc(C(F)(F)F)nc3sc(C(N)=O)c(NC(=O)C(C)n4nc(C(F)(F)F)cc4C)c23)cc1. The molecule has 200 valence electrons. The van der Waals surface area contributed by atoms with Crippen LogP contribution in [0.2, 0.25) is 0 Å². The third-order valence-corrected chi connectivity index (χ3v) is 6.84. The molecule has 4 rings (SSSR count). The van der Waals surface area contributed by atoms with Gasteiger partial charge >= 0.3 is 12.4 Å². The molecule has 38 heavy (non-hydrogen) atoms. The number of nitrogens with one attached hydrogen (secondary N) is 1. The fraction of sp³-hybridized carbons (Fsp3) is 0.250. The van der Waals surface area contributed by atoms with Gasteiger partial charge in [-0.15, -0.1) is 11.3 Å². The summed E-state index contributed by atoms with van der Waals surface area (Å²) >= 11 is 0.563. The normalized spacial score (nSPS) is 13.1. The van der Waals surface area contributed by atoms with Crippen LogP contribution in [-0.4, -0.2) is 26.6 Å². The van der Waals surface area contributed by atoms with Crippen LogP contribution >= 0.6 is 11.3 Å². The first-order valence-corrected chi connectivity index (χ1v) is 11.8. The Labute approximate surface area is 215 Å². The largest absolute Gasteiger partial charge is 0.435 e. The zero-order valence-corrected chi connectivity index (χ0v) is 20.8. The van der Waals surface area contributed by atoms with Crippen molar-refractivity contribution in [1.29, 1.82) is 0 Å². The van der Waals surface area contributed by atoms with Gasteiger partial charge in [0.05, 0.1) is 5.69 Å². The topological polar surface area (TPSA) is 103 Å². The Morgan fingerprint density at radius 2 is 1.61 bits per heavy atom. The molecule has 0 aliphatic heterocycles. The third-order valence-electron chi connectivity index (χ3n) is 5.75. The molecule has 0 radical (unpaired) electrons. The maximum atomic E-state index is 13.7. The number of rotatable bonds is 5. The summed E-state index contributed by atoms with van der Waals surface area (Å²) in [6.07, 6.45) is -9.55. The average Bonchev–Trinajstić information content (AvgIpc) is 3.39. The van der Waals surface area contributed by atoms with Gasteiger partial charge in [-0.05, 0) is 44.0 Å². The van der Waals surface area contributed by atoms with Crippen molar-refractivity contribution in [3.63, 3.8) is 0 Å². The van der Waals surface area contributed by atoms with E-state index in [1.807, 2.05) is 0 Å². The first-order chi connectivity index (χ1) is 17.6. The zero-order valence-electron chi connectivity index (χ0n) is 20.0. The predicted molar refractivity (Wildman–Crippen MR) is 129 cm³/mol. The number of nitrogens with two attached hydrogens (primary N) is 1. The van der Waals surface area contributed by atoms with Gasteiger partial charge in [0.1, 0.15) is 21.4 Å². The molecule has 3 heterocycles. The molecule has 0 bridgehead atoms. The Morgan fingerprint density at radius 1 is 1.00 bits per heavy atom. The number of amides is 2. The van der Waals surface area contributed by atoms with Gasteiger partial charge in [-0.2, -0.15) is 31.4 Å². The molecule has 2 amide bonds. The summed E-state index contributed by atoms with van der Waals surface area (Å²) in [6, 6.07) is 6.79. The van der Waals surface area contributed by atoms with Crippen molar-refractivity contribution >= 4 is 39.1 Å². The predicted octanol–water partition coefficient (Wildman–Crippen LogP) is 6.11. The molecule has 0 aliphatic carbocycles. The molecule has 0 aliphatic rings. The molecular formula is C24H19F6N5O2S. The molecular weight excluding hydrogens is 536 g/mol. The average molecular weight is 556 g/mol. The van der Waals surface area contributed by atoms with Crippen LogP contribution in [0.25, 0.3) is 21.3 Å². The minimum atomic E-state index is -4.81. The van der Waals surface area contributed by atoms with Crippen molar-refractivity contribution in [3.8, 4) is 11.1 Å². The highest BCUT2D eigenvalue weighted by molar-refractivity contribution is 7.21. The van der Waals surface area contributed by atoms with Gasteiger partial charge in [0, 0.05) is 11.1 Å². The standard InChI is InChI=1S/C24H19F6N5O2S/c1-10-4-6-13(7-5-10)14-9-15(23(25,26)27)32-22-17(14)18(19(38-22)20(31)36)33-21(37)12(3)35-11(2)8-16(34-35)24(28,29)30/h4-9,12H,1-3H3,(H2,31,36)(H,33,37). The number of alkyl halides is 6. The lowest BCUT2D eigenvalue weighted by molar-refractivity contribution is -0.142. The van der Waals surface area contributed by atoms with E-state index in [1.165, 1.54) is 13.8 Å². The Morgan fingerprint density at radius 3 is 2.13 bits per heavy atom. The van der Waals surface area contributed by atoms with E-state index in [4.69, 9.17) is 5.73 Å². The van der Waals surface area contributed by atoms with Crippen molar-refractivity contribution in [3.05, 3.63) is 63.9 Å². The van der Waals surface area contributed by atoms with Crippen molar-refractivity contribution in [2.24, 2.45) is 5.73 Å². The van der Waals surface area contributed by atoms with Crippen LogP contribution in [0.15, 0.2) is 36.4 Å². The number of carbonyl (C=O) groups is 2. The first kappa shape index (κ1) is 27.1. The summed E-state index contributed by atoms with van der Waals surface area (Å²) in [4.78, 5) is 28.6. The maximum Gasteiger partial charge on any atom is 0.435 e. The number of carbonyl (C=O) groups excluding carboxylic acids is 2. The Bertz CT molecular complexity index is 1550. The van der Waals surface area contributed by atoms with E-state index in [0.717, 1.165) is 22.4 Å². The summed E-state index contributed by atoms with van der Waals surface area (Å²) in [5, 5.41) is 5.98. The van der Waals surface area contributed by atoms with Crippen LogP contribution in [0.3, 0.4) is 0 Å². The number of fused-ring (bicyclic) bond motifs is 1. The number of hydrogen-bond acceptors (Lipinski definition) is 5. The smallest absolute Gasteiger partial charge is 0.365 e. The lowest BCUT2D eigenvalue weighted by Gasteiger charge is -2.16. The van der Waals surface area contributed by atoms with Crippen molar-refractivity contribution in [2.45, 2.75) is 39.2 Å². The molecule has 7 nitrogen and oxygen atoms in total. The highest BCUT2D eigenvalue weighted by atomic mass is 32.1. The lowest BCUT2D eigenvalue weighted by Crippen LogP contribution is -2.26. The lowest BCUT2D eigenvalue weighted by atomic mass is 10.00. The number of pyridine rings is 1. The molecule has 14 heteroatoms. The number of hydrogen-bond donors (Lipinski definition) is 2. The molecule has 0 saturated heterocycles. The Hall–Kier alpha value is -3.94. The van der Waals surface area contributed by atoms with Gasteiger partial charge in [0.15, 0.2) is 5.69 Å². The minimum absolute atomic E-state index is 0.0312. The van der Waals surface area contributed by atoms with Crippen LogP contribution in [0.4, 0.5) is 32.0 Å². The minimum Gasteiger partial charge on any atom is -0.365 e. The second-order valence-electron chi connectivity index (χ2n) is 8.55. The summed E-state index contributed by atoms with van der Waals surface area (Å²) < 4.78 is 81.1. The highest BCUT2D eigenvalue weighted by Crippen LogP contribution is 2.44. The van der Waals surface area contributed by atoms with Crippen molar-refractivity contribution in [1.82, 2.24) is 14.8 Å². The highest BCUT2D eigenvalue weighted by Gasteiger charge is 2.37. The van der Waals surface area contributed by atoms with E-state index in [0.29, 0.717) is 16.9 Å².